The van der Waals surface area contributed by atoms with E-state index in [1.807, 2.05) is 13.8 Å². The second-order valence-corrected chi connectivity index (χ2v) is 5.62. The number of ether oxygens (including phenoxy) is 1. The van der Waals surface area contributed by atoms with E-state index in [0.717, 1.165) is 5.56 Å². The van der Waals surface area contributed by atoms with E-state index < -0.39 is 18.0 Å². The highest BCUT2D eigenvalue weighted by Crippen LogP contribution is 2.21. The number of aryl methyl sites for hydroxylation is 1. The quantitative estimate of drug-likeness (QED) is 0.561. The van der Waals surface area contributed by atoms with Crippen LogP contribution in [-0.2, 0) is 17.6 Å². The second kappa shape index (κ2) is 11.6. The van der Waals surface area contributed by atoms with Gasteiger partial charge >= 0.3 is 11.9 Å². The fourth-order valence-corrected chi connectivity index (χ4v) is 2.20. The lowest BCUT2D eigenvalue weighted by Crippen LogP contribution is -2.19. The van der Waals surface area contributed by atoms with Crippen molar-refractivity contribution < 1.29 is 34.8 Å². The van der Waals surface area contributed by atoms with Crippen LogP contribution in [0.15, 0.2) is 12.1 Å². The van der Waals surface area contributed by atoms with Gasteiger partial charge in [0.05, 0.1) is 36.5 Å². The van der Waals surface area contributed by atoms with Gasteiger partial charge in [0.25, 0.3) is 0 Å². The van der Waals surface area contributed by atoms with Gasteiger partial charge in [0.15, 0.2) is 0 Å². The number of aliphatic hydroxyl groups excluding tert-OH is 2. The van der Waals surface area contributed by atoms with Gasteiger partial charge in [-0.2, -0.15) is 0 Å². The van der Waals surface area contributed by atoms with Gasteiger partial charge in [0, 0.05) is 0 Å². The Kier molecular flexibility index (Phi) is 10.7. The highest BCUT2D eigenvalue weighted by Gasteiger charge is 2.21. The van der Waals surface area contributed by atoms with Crippen LogP contribution in [0.2, 0.25) is 0 Å². The Bertz CT molecular complexity index is 567. The van der Waals surface area contributed by atoms with Crippen molar-refractivity contribution in [2.75, 3.05) is 13.2 Å². The molecule has 0 spiro atoms. The SMILES string of the molecule is CC(O)COC(C)CO.CCc1ccc(C(=O)O)c(C(=O)O)c1CC. The van der Waals surface area contributed by atoms with Crippen molar-refractivity contribution in [3.63, 3.8) is 0 Å². The van der Waals surface area contributed by atoms with Gasteiger partial charge in [-0.05, 0) is 43.9 Å². The summed E-state index contributed by atoms with van der Waals surface area (Å²) in [6.45, 7) is 7.44. The van der Waals surface area contributed by atoms with E-state index in [-0.39, 0.29) is 23.8 Å². The standard InChI is InChI=1S/C12H14O4.C6H14O3/c1-3-7-5-6-9(11(13)14)10(12(15)16)8(7)4-2;1-5(8)4-9-6(2)3-7/h5-6H,3-4H2,1-2H3,(H,13,14)(H,15,16);5-8H,3-4H2,1-2H3. The molecule has 2 unspecified atom stereocenters. The van der Waals surface area contributed by atoms with E-state index >= 15 is 0 Å². The average molecular weight is 356 g/mol. The smallest absolute Gasteiger partial charge is 0.336 e. The molecule has 0 saturated carbocycles. The highest BCUT2D eigenvalue weighted by atomic mass is 16.5. The Balaban J connectivity index is 0.000000547. The number of hydrogen-bond donors (Lipinski definition) is 4. The molecule has 0 fully saturated rings. The first-order valence-corrected chi connectivity index (χ1v) is 8.21. The average Bonchev–Trinajstić information content (AvgIpc) is 2.58. The second-order valence-electron chi connectivity index (χ2n) is 5.62. The Hall–Kier alpha value is -1.96. The van der Waals surface area contributed by atoms with Crippen LogP contribution >= 0.6 is 0 Å². The number of carboxylic acid groups (broad SMARTS) is 2. The summed E-state index contributed by atoms with van der Waals surface area (Å²) in [6, 6.07) is 3.05. The number of carboxylic acids is 2. The zero-order valence-electron chi connectivity index (χ0n) is 15.2. The van der Waals surface area contributed by atoms with E-state index in [4.69, 9.17) is 25.2 Å². The molecule has 0 heterocycles. The predicted octanol–water partition coefficient (Wildman–Crippen LogP) is 1.97. The maximum absolute atomic E-state index is 11.1. The van der Waals surface area contributed by atoms with Crippen molar-refractivity contribution >= 4 is 11.9 Å². The molecule has 0 saturated heterocycles. The van der Waals surface area contributed by atoms with E-state index in [2.05, 4.69) is 0 Å². The molecule has 0 aliphatic carbocycles. The van der Waals surface area contributed by atoms with E-state index in [1.54, 1.807) is 19.9 Å². The lowest BCUT2D eigenvalue weighted by atomic mass is 9.93. The Morgan fingerprint density at radius 2 is 1.68 bits per heavy atom. The molecule has 1 aromatic carbocycles. The van der Waals surface area contributed by atoms with Crippen LogP contribution < -0.4 is 0 Å². The molecule has 1 aromatic rings. The normalized spacial score (nSPS) is 12.7. The largest absolute Gasteiger partial charge is 0.478 e. The molecule has 0 aliphatic rings. The number of benzene rings is 1. The van der Waals surface area contributed by atoms with Crippen LogP contribution in [0, 0.1) is 0 Å². The van der Waals surface area contributed by atoms with Crippen molar-refractivity contribution in [1.29, 1.82) is 0 Å². The minimum atomic E-state index is -1.20. The van der Waals surface area contributed by atoms with Crippen LogP contribution in [0.5, 0.6) is 0 Å². The topological polar surface area (TPSA) is 124 Å². The van der Waals surface area contributed by atoms with Gasteiger partial charge < -0.3 is 25.2 Å². The maximum atomic E-state index is 11.1. The number of rotatable bonds is 8. The molecule has 0 aromatic heterocycles. The summed E-state index contributed by atoms with van der Waals surface area (Å²) in [5.74, 6) is -2.38. The minimum Gasteiger partial charge on any atom is -0.478 e. The summed E-state index contributed by atoms with van der Waals surface area (Å²) in [6.07, 6.45) is 0.605. The highest BCUT2D eigenvalue weighted by molar-refractivity contribution is 6.03. The van der Waals surface area contributed by atoms with Crippen molar-refractivity contribution in [1.82, 2.24) is 0 Å². The lowest BCUT2D eigenvalue weighted by Gasteiger charge is -2.12. The molecule has 2 atom stereocenters. The molecular formula is C18H28O7. The molecule has 7 heteroatoms. The molecule has 7 nitrogen and oxygen atoms in total. The Labute approximate surface area is 147 Å². The monoisotopic (exact) mass is 356 g/mol. The van der Waals surface area contributed by atoms with Crippen LogP contribution in [0.25, 0.3) is 0 Å². The van der Waals surface area contributed by atoms with Crippen molar-refractivity contribution in [3.05, 3.63) is 34.4 Å². The summed E-state index contributed by atoms with van der Waals surface area (Å²) in [4.78, 5) is 22.0. The van der Waals surface area contributed by atoms with Crippen LogP contribution in [0.4, 0.5) is 0 Å². The minimum absolute atomic E-state index is 0.00667. The Morgan fingerprint density at radius 1 is 1.08 bits per heavy atom. The first-order valence-electron chi connectivity index (χ1n) is 8.21. The predicted molar refractivity (Wildman–Crippen MR) is 93.3 cm³/mol. The van der Waals surface area contributed by atoms with Gasteiger partial charge in [0.1, 0.15) is 0 Å². The first kappa shape index (κ1) is 23.0. The van der Waals surface area contributed by atoms with E-state index in [9.17, 15) is 9.59 Å². The van der Waals surface area contributed by atoms with Gasteiger partial charge in [-0.3, -0.25) is 0 Å². The molecular weight excluding hydrogens is 328 g/mol. The Morgan fingerprint density at radius 3 is 2.04 bits per heavy atom. The van der Waals surface area contributed by atoms with Gasteiger partial charge in [-0.25, -0.2) is 9.59 Å². The van der Waals surface area contributed by atoms with Crippen molar-refractivity contribution in [2.45, 2.75) is 52.7 Å². The third kappa shape index (κ3) is 7.64. The number of carbonyl (C=O) groups is 2. The fraction of sp³-hybridized carbons (Fsp3) is 0.556. The van der Waals surface area contributed by atoms with E-state index in [1.165, 1.54) is 6.07 Å². The number of hydrogen-bond acceptors (Lipinski definition) is 5. The summed E-state index contributed by atoms with van der Waals surface area (Å²) in [7, 11) is 0. The summed E-state index contributed by atoms with van der Waals surface area (Å²) in [5.41, 5.74) is 1.30. The van der Waals surface area contributed by atoms with Gasteiger partial charge in [0.2, 0.25) is 0 Å². The zero-order chi connectivity index (χ0) is 19.6. The molecule has 1 rings (SSSR count). The maximum Gasteiger partial charge on any atom is 0.336 e. The fourth-order valence-electron chi connectivity index (χ4n) is 2.20. The summed E-state index contributed by atoms with van der Waals surface area (Å²) >= 11 is 0. The molecule has 0 radical (unpaired) electrons. The molecule has 25 heavy (non-hydrogen) atoms. The van der Waals surface area contributed by atoms with E-state index in [0.29, 0.717) is 25.0 Å². The van der Waals surface area contributed by atoms with Gasteiger partial charge in [-0.1, -0.05) is 19.9 Å². The third-order valence-corrected chi connectivity index (χ3v) is 3.47. The van der Waals surface area contributed by atoms with Crippen LogP contribution in [0.1, 0.15) is 59.5 Å². The third-order valence-electron chi connectivity index (χ3n) is 3.47. The van der Waals surface area contributed by atoms with Crippen LogP contribution in [-0.4, -0.2) is 57.8 Å². The molecule has 142 valence electrons. The number of aliphatic hydroxyl groups is 2. The zero-order valence-corrected chi connectivity index (χ0v) is 15.2. The van der Waals surface area contributed by atoms with Gasteiger partial charge in [-0.15, -0.1) is 0 Å². The van der Waals surface area contributed by atoms with Crippen molar-refractivity contribution in [3.8, 4) is 0 Å². The lowest BCUT2D eigenvalue weighted by molar-refractivity contribution is -0.0177. The molecule has 0 aliphatic heterocycles. The number of aromatic carboxylic acids is 2. The van der Waals surface area contributed by atoms with Crippen molar-refractivity contribution in [2.24, 2.45) is 0 Å². The van der Waals surface area contributed by atoms with Crippen LogP contribution in [0.3, 0.4) is 0 Å². The summed E-state index contributed by atoms with van der Waals surface area (Å²) < 4.78 is 4.95. The molecule has 0 bridgehead atoms. The molecule has 4 N–H and O–H groups in total. The first-order chi connectivity index (χ1) is 11.7. The summed E-state index contributed by atoms with van der Waals surface area (Å²) in [5, 5.41) is 35.1. The molecule has 0 amide bonds.